The van der Waals surface area contributed by atoms with Gasteiger partial charge in [0.25, 0.3) is 0 Å². The molecule has 0 radical (unpaired) electrons. The predicted molar refractivity (Wildman–Crippen MR) is 134 cm³/mol. The zero-order chi connectivity index (χ0) is 24.8. The van der Waals surface area contributed by atoms with E-state index in [1.165, 1.54) is 48.0 Å². The van der Waals surface area contributed by atoms with E-state index < -0.39 is 15.8 Å². The minimum absolute atomic E-state index is 0.00119. The van der Waals surface area contributed by atoms with Crippen LogP contribution >= 0.6 is 11.6 Å². The van der Waals surface area contributed by atoms with Gasteiger partial charge in [-0.15, -0.1) is 0 Å². The monoisotopic (exact) mass is 515 g/mol. The second-order valence-corrected chi connectivity index (χ2v) is 10.8. The van der Waals surface area contributed by atoms with Crippen LogP contribution in [0, 0.1) is 5.82 Å². The molecule has 0 N–H and O–H groups in total. The van der Waals surface area contributed by atoms with Crippen LogP contribution in [0.5, 0.6) is 0 Å². The maximum Gasteiger partial charge on any atom is 0.243 e. The van der Waals surface area contributed by atoms with E-state index in [0.29, 0.717) is 31.2 Å². The number of rotatable bonds is 8. The molecule has 184 valence electrons. The summed E-state index contributed by atoms with van der Waals surface area (Å²) in [7, 11) is -4.07. The van der Waals surface area contributed by atoms with Crippen LogP contribution in [0.25, 0.3) is 0 Å². The van der Waals surface area contributed by atoms with Gasteiger partial charge in [0.05, 0.1) is 11.4 Å². The van der Waals surface area contributed by atoms with Crippen LogP contribution in [-0.2, 0) is 27.9 Å². The Morgan fingerprint density at radius 2 is 1.51 bits per heavy atom. The minimum Gasteiger partial charge on any atom is -0.339 e. The molecule has 0 aliphatic carbocycles. The Balaban J connectivity index is 1.47. The summed E-state index contributed by atoms with van der Waals surface area (Å²) in [6, 6.07) is 21.8. The van der Waals surface area contributed by atoms with Gasteiger partial charge in [0, 0.05) is 49.9 Å². The molecule has 3 aromatic rings. The van der Waals surface area contributed by atoms with E-state index in [1.54, 1.807) is 11.0 Å². The van der Waals surface area contributed by atoms with Crippen molar-refractivity contribution in [3.05, 3.63) is 101 Å². The fourth-order valence-corrected chi connectivity index (χ4v) is 5.54. The molecular formula is C26H27ClFN3O3S. The molecule has 0 atom stereocenters. The standard InChI is InChI=1S/C26H27ClFN3O3S/c27-23-10-12-24(13-11-23)35(33,34)31(19-22-8-4-5-9-25(22)28)20-26(32)30-16-14-29(15-17-30)18-21-6-2-1-3-7-21/h1-13H,14-20H2. The lowest BCUT2D eigenvalue weighted by Gasteiger charge is -2.35. The molecule has 1 saturated heterocycles. The predicted octanol–water partition coefficient (Wildman–Crippen LogP) is 4.01. The van der Waals surface area contributed by atoms with Crippen molar-refractivity contribution in [2.75, 3.05) is 32.7 Å². The van der Waals surface area contributed by atoms with Crippen molar-refractivity contribution in [2.24, 2.45) is 0 Å². The summed E-state index contributed by atoms with van der Waals surface area (Å²) >= 11 is 5.92. The lowest BCUT2D eigenvalue weighted by molar-refractivity contribution is -0.133. The molecule has 9 heteroatoms. The Labute approximate surface area is 210 Å². The Bertz CT molecular complexity index is 1250. The fraction of sp³-hybridized carbons (Fsp3) is 0.269. The van der Waals surface area contributed by atoms with Gasteiger partial charge in [0.1, 0.15) is 5.82 Å². The lowest BCUT2D eigenvalue weighted by atomic mass is 10.2. The first-order chi connectivity index (χ1) is 16.8. The highest BCUT2D eigenvalue weighted by Crippen LogP contribution is 2.22. The molecule has 0 saturated carbocycles. The first kappa shape index (κ1) is 25.3. The van der Waals surface area contributed by atoms with E-state index in [1.807, 2.05) is 18.2 Å². The molecule has 0 aromatic heterocycles. The van der Waals surface area contributed by atoms with Crippen LogP contribution in [0.2, 0.25) is 5.02 Å². The molecule has 1 aliphatic heterocycles. The molecule has 35 heavy (non-hydrogen) atoms. The number of carbonyl (C=O) groups excluding carboxylic acids is 1. The summed E-state index contributed by atoms with van der Waals surface area (Å²) in [5.41, 5.74) is 1.41. The number of carbonyl (C=O) groups is 1. The van der Waals surface area contributed by atoms with Crippen LogP contribution < -0.4 is 0 Å². The molecule has 0 bridgehead atoms. The van der Waals surface area contributed by atoms with Crippen LogP contribution in [0.15, 0.2) is 83.8 Å². The first-order valence-corrected chi connectivity index (χ1v) is 13.2. The molecule has 1 amide bonds. The Morgan fingerprint density at radius 3 is 2.17 bits per heavy atom. The molecular weight excluding hydrogens is 489 g/mol. The molecule has 0 unspecified atom stereocenters. The third-order valence-corrected chi connectivity index (χ3v) is 8.10. The largest absolute Gasteiger partial charge is 0.339 e. The number of nitrogens with zero attached hydrogens (tertiary/aromatic N) is 3. The topological polar surface area (TPSA) is 60.9 Å². The maximum atomic E-state index is 14.4. The van der Waals surface area contributed by atoms with Gasteiger partial charge < -0.3 is 4.90 Å². The fourth-order valence-electron chi connectivity index (χ4n) is 4.05. The van der Waals surface area contributed by atoms with Crippen molar-refractivity contribution < 1.29 is 17.6 Å². The number of piperazine rings is 1. The highest BCUT2D eigenvalue weighted by Gasteiger charge is 2.30. The van der Waals surface area contributed by atoms with Crippen molar-refractivity contribution >= 4 is 27.5 Å². The minimum atomic E-state index is -4.07. The molecule has 1 fully saturated rings. The zero-order valence-electron chi connectivity index (χ0n) is 19.2. The van der Waals surface area contributed by atoms with E-state index in [9.17, 15) is 17.6 Å². The average Bonchev–Trinajstić information content (AvgIpc) is 2.86. The molecule has 4 rings (SSSR count). The summed E-state index contributed by atoms with van der Waals surface area (Å²) in [6.45, 7) is 2.55. The number of hydrogen-bond donors (Lipinski definition) is 0. The normalized spacial score (nSPS) is 14.9. The molecule has 6 nitrogen and oxygen atoms in total. The van der Waals surface area contributed by atoms with Crippen molar-refractivity contribution in [1.82, 2.24) is 14.1 Å². The van der Waals surface area contributed by atoms with Crippen molar-refractivity contribution in [1.29, 1.82) is 0 Å². The van der Waals surface area contributed by atoms with Gasteiger partial charge >= 0.3 is 0 Å². The van der Waals surface area contributed by atoms with E-state index in [0.717, 1.165) is 10.8 Å². The second kappa shape index (κ2) is 11.3. The lowest BCUT2D eigenvalue weighted by Crippen LogP contribution is -2.51. The Hall–Kier alpha value is -2.78. The van der Waals surface area contributed by atoms with Crippen LogP contribution in [0.3, 0.4) is 0 Å². The van der Waals surface area contributed by atoms with E-state index in [2.05, 4.69) is 17.0 Å². The van der Waals surface area contributed by atoms with E-state index in [4.69, 9.17) is 11.6 Å². The number of hydrogen-bond acceptors (Lipinski definition) is 4. The van der Waals surface area contributed by atoms with Gasteiger partial charge in [0.15, 0.2) is 0 Å². The third kappa shape index (κ3) is 6.46. The number of sulfonamides is 1. The van der Waals surface area contributed by atoms with E-state index >= 15 is 0 Å². The summed E-state index contributed by atoms with van der Waals surface area (Å²) in [5.74, 6) is -0.830. The average molecular weight is 516 g/mol. The molecule has 1 heterocycles. The van der Waals surface area contributed by atoms with Gasteiger partial charge in [-0.25, -0.2) is 12.8 Å². The van der Waals surface area contributed by atoms with Crippen molar-refractivity contribution in [2.45, 2.75) is 18.0 Å². The molecule has 3 aromatic carbocycles. The van der Waals surface area contributed by atoms with Crippen molar-refractivity contribution in [3.8, 4) is 0 Å². The van der Waals surface area contributed by atoms with E-state index in [-0.39, 0.29) is 29.5 Å². The Morgan fingerprint density at radius 1 is 0.886 bits per heavy atom. The zero-order valence-corrected chi connectivity index (χ0v) is 20.8. The first-order valence-electron chi connectivity index (χ1n) is 11.4. The third-order valence-electron chi connectivity index (χ3n) is 6.04. The summed E-state index contributed by atoms with van der Waals surface area (Å²) in [5, 5.41) is 0.397. The summed E-state index contributed by atoms with van der Waals surface area (Å²) in [4.78, 5) is 17.1. The maximum absolute atomic E-state index is 14.4. The number of benzene rings is 3. The highest BCUT2D eigenvalue weighted by atomic mass is 35.5. The molecule has 1 aliphatic rings. The van der Waals surface area contributed by atoms with Gasteiger partial charge in [-0.05, 0) is 35.9 Å². The second-order valence-electron chi connectivity index (χ2n) is 8.46. The number of halogens is 2. The molecule has 0 spiro atoms. The van der Waals surface area contributed by atoms with Gasteiger partial charge in [-0.1, -0.05) is 60.1 Å². The van der Waals surface area contributed by atoms with Crippen LogP contribution in [0.1, 0.15) is 11.1 Å². The van der Waals surface area contributed by atoms with Gasteiger partial charge in [-0.2, -0.15) is 4.31 Å². The van der Waals surface area contributed by atoms with Gasteiger partial charge in [0.2, 0.25) is 15.9 Å². The summed E-state index contributed by atoms with van der Waals surface area (Å²) < 4.78 is 42.2. The number of amides is 1. The Kier molecular flexibility index (Phi) is 8.18. The summed E-state index contributed by atoms with van der Waals surface area (Å²) in [6.07, 6.45) is 0. The quantitative estimate of drug-likeness (QED) is 0.455. The SMILES string of the molecule is O=C(CN(Cc1ccccc1F)S(=O)(=O)c1ccc(Cl)cc1)N1CCN(Cc2ccccc2)CC1. The van der Waals surface area contributed by atoms with Gasteiger partial charge in [-0.3, -0.25) is 9.69 Å². The van der Waals surface area contributed by atoms with Crippen LogP contribution in [-0.4, -0.2) is 61.2 Å². The smallest absolute Gasteiger partial charge is 0.243 e. The van der Waals surface area contributed by atoms with Crippen molar-refractivity contribution in [3.63, 3.8) is 0 Å². The highest BCUT2D eigenvalue weighted by molar-refractivity contribution is 7.89. The van der Waals surface area contributed by atoms with Crippen LogP contribution in [0.4, 0.5) is 4.39 Å².